The molecule has 1 saturated heterocycles. The summed E-state index contributed by atoms with van der Waals surface area (Å²) in [6, 6.07) is 0. The molecule has 0 bridgehead atoms. The molecule has 2 rings (SSSR count). The SMILES string of the molecule is CCC1CCCN(Cn2nc(CO)n(C)c2=S)C1. The van der Waals surface area contributed by atoms with E-state index >= 15 is 0 Å². The summed E-state index contributed by atoms with van der Waals surface area (Å²) in [5, 5.41) is 13.5. The van der Waals surface area contributed by atoms with E-state index in [0.717, 1.165) is 25.7 Å². The van der Waals surface area contributed by atoms with Gasteiger partial charge in [-0.15, -0.1) is 0 Å². The zero-order valence-corrected chi connectivity index (χ0v) is 12.0. The van der Waals surface area contributed by atoms with Gasteiger partial charge in [-0.3, -0.25) is 4.90 Å². The molecule has 0 saturated carbocycles. The average molecular weight is 270 g/mol. The fourth-order valence-corrected chi connectivity index (χ4v) is 2.77. The maximum atomic E-state index is 9.19. The van der Waals surface area contributed by atoms with Crippen LogP contribution in [0.2, 0.25) is 0 Å². The Morgan fingerprint density at radius 3 is 2.89 bits per heavy atom. The number of piperidine rings is 1. The highest BCUT2D eigenvalue weighted by atomic mass is 32.1. The highest BCUT2D eigenvalue weighted by Crippen LogP contribution is 2.19. The fourth-order valence-electron chi connectivity index (χ4n) is 2.56. The molecule has 1 aromatic heterocycles. The molecule has 1 atom stereocenters. The molecule has 5 nitrogen and oxygen atoms in total. The number of aliphatic hydroxyl groups excluding tert-OH is 1. The van der Waals surface area contributed by atoms with Gasteiger partial charge in [-0.2, -0.15) is 5.10 Å². The molecule has 6 heteroatoms. The van der Waals surface area contributed by atoms with Crippen LogP contribution in [-0.2, 0) is 20.3 Å². The summed E-state index contributed by atoms with van der Waals surface area (Å²) in [6.45, 7) is 5.17. The molecular formula is C12H22N4OS. The Morgan fingerprint density at radius 2 is 2.28 bits per heavy atom. The predicted molar refractivity (Wildman–Crippen MR) is 72.5 cm³/mol. The molecule has 102 valence electrons. The van der Waals surface area contributed by atoms with Crippen LogP contribution in [0.15, 0.2) is 0 Å². The molecule has 18 heavy (non-hydrogen) atoms. The summed E-state index contributed by atoms with van der Waals surface area (Å²) in [7, 11) is 1.85. The molecule has 0 spiro atoms. The Kier molecular flexibility index (Phi) is 4.53. The van der Waals surface area contributed by atoms with Crippen molar-refractivity contribution in [3.8, 4) is 0 Å². The third-order valence-electron chi connectivity index (χ3n) is 3.79. The van der Waals surface area contributed by atoms with E-state index in [-0.39, 0.29) is 6.61 Å². The van der Waals surface area contributed by atoms with Crippen LogP contribution in [0.1, 0.15) is 32.0 Å². The van der Waals surface area contributed by atoms with Crippen molar-refractivity contribution in [2.75, 3.05) is 13.1 Å². The number of aromatic nitrogens is 3. The van der Waals surface area contributed by atoms with Gasteiger partial charge in [0.1, 0.15) is 6.61 Å². The Balaban J connectivity index is 2.07. The van der Waals surface area contributed by atoms with Gasteiger partial charge < -0.3 is 9.67 Å². The number of hydrogen-bond acceptors (Lipinski definition) is 4. The molecule has 1 aromatic rings. The van der Waals surface area contributed by atoms with E-state index in [1.54, 1.807) is 4.57 Å². The molecule has 0 aromatic carbocycles. The van der Waals surface area contributed by atoms with Gasteiger partial charge in [-0.05, 0) is 37.5 Å². The summed E-state index contributed by atoms with van der Waals surface area (Å²) in [4.78, 5) is 2.40. The van der Waals surface area contributed by atoms with Crippen LogP contribution in [0.5, 0.6) is 0 Å². The second kappa shape index (κ2) is 5.95. The monoisotopic (exact) mass is 270 g/mol. The topological polar surface area (TPSA) is 46.2 Å². The average Bonchev–Trinajstić information content (AvgIpc) is 2.67. The minimum absolute atomic E-state index is 0.0648. The van der Waals surface area contributed by atoms with E-state index in [9.17, 15) is 5.11 Å². The number of rotatable bonds is 4. The summed E-state index contributed by atoms with van der Waals surface area (Å²) in [5.41, 5.74) is 0. The van der Waals surface area contributed by atoms with E-state index in [0.29, 0.717) is 10.6 Å². The summed E-state index contributed by atoms with van der Waals surface area (Å²) >= 11 is 5.33. The van der Waals surface area contributed by atoms with Gasteiger partial charge in [0.05, 0.1) is 6.67 Å². The van der Waals surface area contributed by atoms with Crippen molar-refractivity contribution in [3.63, 3.8) is 0 Å². The van der Waals surface area contributed by atoms with Crippen LogP contribution in [0.4, 0.5) is 0 Å². The predicted octanol–water partition coefficient (Wildman–Crippen LogP) is 1.52. The van der Waals surface area contributed by atoms with Crippen molar-refractivity contribution in [1.29, 1.82) is 0 Å². The Hall–Kier alpha value is -0.720. The standard InChI is InChI=1S/C12H22N4OS/c1-3-10-5-4-6-15(7-10)9-16-12(18)14(2)11(8-17)13-16/h10,17H,3-9H2,1-2H3. The van der Waals surface area contributed by atoms with Crippen LogP contribution in [0.25, 0.3) is 0 Å². The lowest BCUT2D eigenvalue weighted by molar-refractivity contribution is 0.128. The summed E-state index contributed by atoms with van der Waals surface area (Å²) in [5.74, 6) is 1.43. The molecule has 0 aliphatic carbocycles. The number of likely N-dealkylation sites (tertiary alicyclic amines) is 1. The summed E-state index contributed by atoms with van der Waals surface area (Å²) < 4.78 is 4.27. The van der Waals surface area contributed by atoms with Crippen molar-refractivity contribution in [2.24, 2.45) is 13.0 Å². The van der Waals surface area contributed by atoms with Crippen molar-refractivity contribution in [1.82, 2.24) is 19.2 Å². The van der Waals surface area contributed by atoms with Gasteiger partial charge >= 0.3 is 0 Å². The number of nitrogens with zero attached hydrogens (tertiary/aromatic N) is 4. The zero-order chi connectivity index (χ0) is 13.1. The lowest BCUT2D eigenvalue weighted by atomic mass is 9.96. The second-order valence-corrected chi connectivity index (χ2v) is 5.42. The van der Waals surface area contributed by atoms with E-state index in [1.807, 2.05) is 11.7 Å². The second-order valence-electron chi connectivity index (χ2n) is 5.05. The molecule has 0 amide bonds. The van der Waals surface area contributed by atoms with E-state index in [4.69, 9.17) is 12.2 Å². The lowest BCUT2D eigenvalue weighted by Gasteiger charge is -2.31. The van der Waals surface area contributed by atoms with Crippen molar-refractivity contribution in [3.05, 3.63) is 10.6 Å². The van der Waals surface area contributed by atoms with Crippen LogP contribution in [-0.4, -0.2) is 37.4 Å². The van der Waals surface area contributed by atoms with Crippen molar-refractivity contribution in [2.45, 2.75) is 39.5 Å². The van der Waals surface area contributed by atoms with Crippen LogP contribution in [0, 0.1) is 10.7 Å². The molecule has 1 aliphatic heterocycles. The third-order valence-corrected chi connectivity index (χ3v) is 4.27. The zero-order valence-electron chi connectivity index (χ0n) is 11.2. The molecular weight excluding hydrogens is 248 g/mol. The Labute approximate surface area is 113 Å². The maximum absolute atomic E-state index is 9.19. The Morgan fingerprint density at radius 1 is 1.50 bits per heavy atom. The molecule has 0 radical (unpaired) electrons. The van der Waals surface area contributed by atoms with Gasteiger partial charge in [0.15, 0.2) is 10.6 Å². The van der Waals surface area contributed by atoms with Gasteiger partial charge in [0, 0.05) is 13.6 Å². The van der Waals surface area contributed by atoms with Gasteiger partial charge in [-0.25, -0.2) is 4.68 Å². The van der Waals surface area contributed by atoms with E-state index < -0.39 is 0 Å². The number of aliphatic hydroxyl groups is 1. The van der Waals surface area contributed by atoms with Crippen LogP contribution < -0.4 is 0 Å². The minimum atomic E-state index is -0.0648. The molecule has 1 N–H and O–H groups in total. The first-order valence-electron chi connectivity index (χ1n) is 6.61. The van der Waals surface area contributed by atoms with E-state index in [1.165, 1.54) is 19.3 Å². The highest BCUT2D eigenvalue weighted by molar-refractivity contribution is 7.71. The van der Waals surface area contributed by atoms with Gasteiger partial charge in [0.2, 0.25) is 0 Å². The normalized spacial score (nSPS) is 21.4. The molecule has 2 heterocycles. The minimum Gasteiger partial charge on any atom is -0.388 e. The smallest absolute Gasteiger partial charge is 0.198 e. The van der Waals surface area contributed by atoms with Crippen LogP contribution >= 0.6 is 12.2 Å². The quantitative estimate of drug-likeness (QED) is 0.843. The van der Waals surface area contributed by atoms with E-state index in [2.05, 4.69) is 16.9 Å². The molecule has 1 aliphatic rings. The van der Waals surface area contributed by atoms with Crippen LogP contribution in [0.3, 0.4) is 0 Å². The molecule has 1 unspecified atom stereocenters. The number of hydrogen-bond donors (Lipinski definition) is 1. The third kappa shape index (κ3) is 2.81. The molecule has 1 fully saturated rings. The Bertz CT molecular complexity index is 453. The van der Waals surface area contributed by atoms with Crippen molar-refractivity contribution >= 4 is 12.2 Å². The van der Waals surface area contributed by atoms with Crippen molar-refractivity contribution < 1.29 is 5.11 Å². The summed E-state index contributed by atoms with van der Waals surface area (Å²) in [6.07, 6.45) is 3.83. The highest BCUT2D eigenvalue weighted by Gasteiger charge is 2.19. The van der Waals surface area contributed by atoms with Gasteiger partial charge in [-0.1, -0.05) is 13.3 Å². The first-order chi connectivity index (χ1) is 8.65. The first kappa shape index (κ1) is 13.7. The lowest BCUT2D eigenvalue weighted by Crippen LogP contribution is -2.36. The van der Waals surface area contributed by atoms with Gasteiger partial charge in [0.25, 0.3) is 0 Å². The largest absolute Gasteiger partial charge is 0.388 e. The maximum Gasteiger partial charge on any atom is 0.198 e. The first-order valence-corrected chi connectivity index (χ1v) is 7.02. The fraction of sp³-hybridized carbons (Fsp3) is 0.833.